The molecule has 36 heavy (non-hydrogen) atoms. The molecule has 1 fully saturated rings. The van der Waals surface area contributed by atoms with Crippen LogP contribution in [0.4, 0.5) is 5.69 Å². The predicted molar refractivity (Wildman–Crippen MR) is 157 cm³/mol. The fraction of sp³-hybridized carbons (Fsp3) is 0.143. The van der Waals surface area contributed by atoms with Gasteiger partial charge in [0.1, 0.15) is 6.61 Å². The van der Waals surface area contributed by atoms with Gasteiger partial charge in [-0.2, -0.15) is 0 Å². The summed E-state index contributed by atoms with van der Waals surface area (Å²) in [5.41, 5.74) is 3.49. The minimum absolute atomic E-state index is 0.143. The Labute approximate surface area is 230 Å². The first-order chi connectivity index (χ1) is 17.4. The van der Waals surface area contributed by atoms with E-state index in [0.29, 0.717) is 38.8 Å². The molecule has 184 valence electrons. The predicted octanol–water partition coefficient (Wildman–Crippen LogP) is 7.78. The van der Waals surface area contributed by atoms with Crippen LogP contribution in [0, 0.1) is 0 Å². The second-order valence-electron chi connectivity index (χ2n) is 7.84. The highest BCUT2D eigenvalue weighted by Gasteiger charge is 2.33. The zero-order chi connectivity index (χ0) is 25.7. The number of nitrogens with zero attached hydrogens (tertiary/aromatic N) is 1. The topological polar surface area (TPSA) is 38.8 Å². The summed E-state index contributed by atoms with van der Waals surface area (Å²) in [6, 6.07) is 19.2. The van der Waals surface area contributed by atoms with Crippen LogP contribution in [-0.4, -0.2) is 23.6 Å². The van der Waals surface area contributed by atoms with E-state index in [1.165, 1.54) is 11.8 Å². The lowest BCUT2D eigenvalue weighted by Crippen LogP contribution is -2.27. The Morgan fingerprint density at radius 1 is 1.17 bits per heavy atom. The highest BCUT2D eigenvalue weighted by molar-refractivity contribution is 8.27. The quantitative estimate of drug-likeness (QED) is 0.117. The summed E-state index contributed by atoms with van der Waals surface area (Å²) in [7, 11) is 1.60. The highest BCUT2D eigenvalue weighted by Crippen LogP contribution is 2.39. The van der Waals surface area contributed by atoms with Gasteiger partial charge in [0.2, 0.25) is 0 Å². The van der Waals surface area contributed by atoms with E-state index in [1.54, 1.807) is 23.8 Å². The van der Waals surface area contributed by atoms with Gasteiger partial charge < -0.3 is 9.47 Å². The van der Waals surface area contributed by atoms with Gasteiger partial charge in [-0.05, 0) is 72.3 Å². The van der Waals surface area contributed by atoms with E-state index in [-0.39, 0.29) is 5.91 Å². The number of anilines is 1. The van der Waals surface area contributed by atoms with Gasteiger partial charge in [0, 0.05) is 15.5 Å². The molecule has 3 aromatic rings. The Hall–Kier alpha value is -2.71. The number of amides is 1. The van der Waals surface area contributed by atoms with Crippen LogP contribution in [0.3, 0.4) is 0 Å². The number of ether oxygens (including phenoxy) is 2. The van der Waals surface area contributed by atoms with Gasteiger partial charge in [0.25, 0.3) is 5.91 Å². The second-order valence-corrected chi connectivity index (χ2v) is 10.8. The molecule has 4 rings (SSSR count). The molecule has 8 heteroatoms. The van der Waals surface area contributed by atoms with E-state index < -0.39 is 0 Å². The fourth-order valence-electron chi connectivity index (χ4n) is 3.72. The summed E-state index contributed by atoms with van der Waals surface area (Å²) >= 11 is 14.5. The molecule has 1 aliphatic rings. The van der Waals surface area contributed by atoms with Crippen LogP contribution in [0.25, 0.3) is 6.08 Å². The molecule has 1 aliphatic heterocycles. The number of hydrogen-bond donors (Lipinski definition) is 0. The fourth-order valence-corrected chi connectivity index (χ4v) is 5.60. The molecule has 0 N–H and O–H groups in total. The van der Waals surface area contributed by atoms with E-state index in [4.69, 9.17) is 33.3 Å². The third-order valence-corrected chi connectivity index (χ3v) is 7.72. The molecule has 0 unspecified atom stereocenters. The summed E-state index contributed by atoms with van der Waals surface area (Å²) in [4.78, 5) is 16.5. The molecule has 0 aliphatic carbocycles. The Bertz CT molecular complexity index is 1340. The number of benzene rings is 3. The SMILES string of the molecule is C=CCc1cc(/C=C2\SC(=S)N(c3cccc(SC)c3)C2=O)cc(OC)c1OCc1ccc(Cl)cc1. The van der Waals surface area contributed by atoms with Crippen molar-refractivity contribution >= 4 is 69.3 Å². The third kappa shape index (κ3) is 5.98. The van der Waals surface area contributed by atoms with E-state index >= 15 is 0 Å². The smallest absolute Gasteiger partial charge is 0.270 e. The Kier molecular flexibility index (Phi) is 8.80. The molecular formula is C28H24ClNO3S3. The number of thioether (sulfide) groups is 2. The minimum Gasteiger partial charge on any atom is -0.493 e. The van der Waals surface area contributed by atoms with Crippen molar-refractivity contribution in [2.24, 2.45) is 0 Å². The standard InChI is InChI=1S/C28H24ClNO3S3/c1-4-6-20-13-19(14-24(32-2)26(20)33-17-18-9-11-21(29)12-10-18)15-25-27(31)30(28(34)36-25)22-7-5-8-23(16-22)35-3/h4-5,7-16H,1,6,17H2,2-3H3/b25-15-. The molecule has 1 saturated heterocycles. The maximum absolute atomic E-state index is 13.3. The maximum atomic E-state index is 13.3. The number of carbonyl (C=O) groups excluding carboxylic acids is 1. The molecule has 3 aromatic carbocycles. The lowest BCUT2D eigenvalue weighted by atomic mass is 10.0. The van der Waals surface area contributed by atoms with E-state index in [2.05, 4.69) is 6.58 Å². The van der Waals surface area contributed by atoms with E-state index in [1.807, 2.05) is 79.1 Å². The second kappa shape index (κ2) is 12.0. The van der Waals surface area contributed by atoms with Gasteiger partial charge in [-0.3, -0.25) is 9.69 Å². The van der Waals surface area contributed by atoms with Gasteiger partial charge in [0.05, 0.1) is 17.7 Å². The zero-order valence-corrected chi connectivity index (χ0v) is 23.0. The van der Waals surface area contributed by atoms with Gasteiger partial charge >= 0.3 is 0 Å². The van der Waals surface area contributed by atoms with Crippen molar-refractivity contribution in [3.63, 3.8) is 0 Å². The molecule has 0 spiro atoms. The first-order valence-corrected chi connectivity index (χ1v) is 13.9. The molecule has 0 saturated carbocycles. The van der Waals surface area contributed by atoms with Crippen molar-refractivity contribution in [2.75, 3.05) is 18.3 Å². The number of hydrogen-bond acceptors (Lipinski definition) is 6. The van der Waals surface area contributed by atoms with Crippen LogP contribution < -0.4 is 14.4 Å². The van der Waals surface area contributed by atoms with Crippen molar-refractivity contribution in [3.8, 4) is 11.5 Å². The third-order valence-electron chi connectivity index (χ3n) is 5.44. The number of rotatable bonds is 9. The molecule has 0 atom stereocenters. The van der Waals surface area contributed by atoms with Crippen molar-refractivity contribution < 1.29 is 14.3 Å². The van der Waals surface area contributed by atoms with Gasteiger partial charge in [-0.1, -0.05) is 59.9 Å². The number of allylic oxidation sites excluding steroid dienone is 1. The van der Waals surface area contributed by atoms with Crippen LogP contribution in [0.1, 0.15) is 16.7 Å². The van der Waals surface area contributed by atoms with E-state index in [0.717, 1.165) is 27.3 Å². The first kappa shape index (κ1) is 26.4. The zero-order valence-electron chi connectivity index (χ0n) is 19.8. The van der Waals surface area contributed by atoms with Crippen LogP contribution in [0.15, 0.2) is 83.1 Å². The lowest BCUT2D eigenvalue weighted by molar-refractivity contribution is -0.113. The molecule has 4 nitrogen and oxygen atoms in total. The van der Waals surface area contributed by atoms with E-state index in [9.17, 15) is 4.79 Å². The van der Waals surface area contributed by atoms with Crippen LogP contribution in [0.2, 0.25) is 5.02 Å². The van der Waals surface area contributed by atoms with Crippen molar-refractivity contribution in [1.82, 2.24) is 0 Å². The highest BCUT2D eigenvalue weighted by atomic mass is 35.5. The van der Waals surface area contributed by atoms with Crippen molar-refractivity contribution in [2.45, 2.75) is 17.9 Å². The first-order valence-electron chi connectivity index (χ1n) is 11.0. The van der Waals surface area contributed by atoms with Crippen molar-refractivity contribution in [1.29, 1.82) is 0 Å². The number of thiocarbonyl (C=S) groups is 1. The summed E-state index contributed by atoms with van der Waals surface area (Å²) in [5.74, 6) is 1.08. The largest absolute Gasteiger partial charge is 0.493 e. The van der Waals surface area contributed by atoms with Gasteiger partial charge in [-0.25, -0.2) is 0 Å². The average Bonchev–Trinajstić information content (AvgIpc) is 3.16. The lowest BCUT2D eigenvalue weighted by Gasteiger charge is -2.16. The van der Waals surface area contributed by atoms with Crippen LogP contribution >= 0.6 is 47.3 Å². The summed E-state index contributed by atoms with van der Waals surface area (Å²) < 4.78 is 12.3. The maximum Gasteiger partial charge on any atom is 0.270 e. The van der Waals surface area contributed by atoms with Crippen molar-refractivity contribution in [3.05, 3.63) is 99.9 Å². The molecule has 0 bridgehead atoms. The molecular weight excluding hydrogens is 530 g/mol. The van der Waals surface area contributed by atoms with Crippen LogP contribution in [0.5, 0.6) is 11.5 Å². The Morgan fingerprint density at radius 3 is 2.64 bits per heavy atom. The summed E-state index contributed by atoms with van der Waals surface area (Å²) in [6.45, 7) is 4.25. The number of methoxy groups -OCH3 is 1. The summed E-state index contributed by atoms with van der Waals surface area (Å²) in [5, 5.41) is 0.676. The number of halogens is 1. The molecule has 1 amide bonds. The monoisotopic (exact) mass is 553 g/mol. The molecule has 0 aromatic heterocycles. The Morgan fingerprint density at radius 2 is 1.94 bits per heavy atom. The Balaban J connectivity index is 1.63. The normalized spacial score (nSPS) is 14.4. The van der Waals surface area contributed by atoms with Gasteiger partial charge in [0.15, 0.2) is 15.8 Å². The van der Waals surface area contributed by atoms with Gasteiger partial charge in [-0.15, -0.1) is 18.3 Å². The number of carbonyl (C=O) groups is 1. The minimum atomic E-state index is -0.143. The average molecular weight is 554 g/mol. The summed E-state index contributed by atoms with van der Waals surface area (Å²) in [6.07, 6.45) is 6.23. The molecule has 1 heterocycles. The molecule has 0 radical (unpaired) electrons. The van der Waals surface area contributed by atoms with Crippen LogP contribution in [-0.2, 0) is 17.8 Å².